The Balaban J connectivity index is 2.35. The zero-order valence-corrected chi connectivity index (χ0v) is 12.8. The summed E-state index contributed by atoms with van der Waals surface area (Å²) in [6.07, 6.45) is 7.28. The highest BCUT2D eigenvalue weighted by atomic mass is 16.4. The molecule has 0 atom stereocenters. The lowest BCUT2D eigenvalue weighted by Gasteiger charge is -2.00. The Labute approximate surface area is 135 Å². The Bertz CT molecular complexity index is 751. The molecule has 0 unspecified atom stereocenters. The standard InChI is InChI=1S/C20H18O3/c1-15(20(22)23)13-18(8-7-16-5-3-2-4-6-16)14-17-9-11-19(21)12-10-17/h2-14,21H,1H3,(H,22,23). The second-order valence-corrected chi connectivity index (χ2v) is 5.11. The molecule has 0 aliphatic heterocycles. The maximum atomic E-state index is 11.1. The number of hydrogen-bond donors (Lipinski definition) is 2. The van der Waals surface area contributed by atoms with Crippen LogP contribution in [0.4, 0.5) is 0 Å². The van der Waals surface area contributed by atoms with Crippen LogP contribution in [0.1, 0.15) is 18.1 Å². The fourth-order valence-electron chi connectivity index (χ4n) is 1.97. The van der Waals surface area contributed by atoms with E-state index in [1.54, 1.807) is 37.3 Å². The van der Waals surface area contributed by atoms with Crippen LogP contribution in [0.3, 0.4) is 0 Å². The van der Waals surface area contributed by atoms with Gasteiger partial charge in [-0.05, 0) is 47.9 Å². The summed E-state index contributed by atoms with van der Waals surface area (Å²) in [5.74, 6) is -0.754. The molecule has 2 aromatic rings. The molecule has 2 rings (SSSR count). The Morgan fingerprint density at radius 1 is 0.957 bits per heavy atom. The number of phenolic OH excluding ortho intramolecular Hbond substituents is 1. The lowest BCUT2D eigenvalue weighted by Crippen LogP contribution is -1.96. The Kier molecular flexibility index (Phi) is 5.53. The number of carboxylic acid groups (broad SMARTS) is 1. The van der Waals surface area contributed by atoms with E-state index in [0.717, 1.165) is 16.7 Å². The van der Waals surface area contributed by atoms with Crippen molar-refractivity contribution in [2.75, 3.05) is 0 Å². The number of carboxylic acids is 1. The van der Waals surface area contributed by atoms with E-state index in [-0.39, 0.29) is 11.3 Å². The summed E-state index contributed by atoms with van der Waals surface area (Å²) in [5, 5.41) is 18.4. The van der Waals surface area contributed by atoms with Gasteiger partial charge in [-0.1, -0.05) is 54.6 Å². The molecule has 116 valence electrons. The summed E-state index contributed by atoms with van der Waals surface area (Å²) in [5.41, 5.74) is 2.93. The summed E-state index contributed by atoms with van der Waals surface area (Å²) >= 11 is 0. The first kappa shape index (κ1) is 16.3. The minimum absolute atomic E-state index is 0.195. The monoisotopic (exact) mass is 306 g/mol. The van der Waals surface area contributed by atoms with Crippen LogP contribution >= 0.6 is 0 Å². The highest BCUT2D eigenvalue weighted by molar-refractivity contribution is 5.87. The van der Waals surface area contributed by atoms with Crippen LogP contribution in [0.5, 0.6) is 5.75 Å². The topological polar surface area (TPSA) is 57.5 Å². The second kappa shape index (κ2) is 7.80. The van der Waals surface area contributed by atoms with Gasteiger partial charge in [0.05, 0.1) is 0 Å². The highest BCUT2D eigenvalue weighted by Gasteiger charge is 2.01. The summed E-state index contributed by atoms with van der Waals surface area (Å²) in [4.78, 5) is 11.1. The SMILES string of the molecule is CC(=CC(C=Cc1ccccc1)=Cc1ccc(O)cc1)C(=O)O. The van der Waals surface area contributed by atoms with Gasteiger partial charge in [0.15, 0.2) is 0 Å². The molecule has 2 aromatic carbocycles. The molecule has 0 bridgehead atoms. The van der Waals surface area contributed by atoms with Crippen molar-refractivity contribution in [1.29, 1.82) is 0 Å². The smallest absolute Gasteiger partial charge is 0.331 e. The third kappa shape index (κ3) is 5.32. The van der Waals surface area contributed by atoms with Crippen LogP contribution in [0, 0.1) is 0 Å². The quantitative estimate of drug-likeness (QED) is 0.630. The third-order valence-corrected chi connectivity index (χ3v) is 3.21. The number of rotatable bonds is 5. The van der Waals surface area contributed by atoms with Crippen molar-refractivity contribution >= 4 is 18.1 Å². The van der Waals surface area contributed by atoms with Gasteiger partial charge in [0.25, 0.3) is 0 Å². The van der Waals surface area contributed by atoms with E-state index < -0.39 is 5.97 Å². The molecule has 0 aliphatic carbocycles. The third-order valence-electron chi connectivity index (χ3n) is 3.21. The molecule has 0 amide bonds. The molecule has 0 saturated carbocycles. The molecule has 0 heterocycles. The number of hydrogen-bond acceptors (Lipinski definition) is 2. The minimum atomic E-state index is -0.949. The zero-order valence-electron chi connectivity index (χ0n) is 12.8. The van der Waals surface area contributed by atoms with Crippen molar-refractivity contribution in [2.45, 2.75) is 6.92 Å². The molecule has 0 aliphatic rings. The van der Waals surface area contributed by atoms with Crippen molar-refractivity contribution in [2.24, 2.45) is 0 Å². The van der Waals surface area contributed by atoms with Gasteiger partial charge in [0, 0.05) is 5.57 Å². The number of aromatic hydroxyl groups is 1. The lowest BCUT2D eigenvalue weighted by molar-refractivity contribution is -0.132. The second-order valence-electron chi connectivity index (χ2n) is 5.11. The predicted molar refractivity (Wildman–Crippen MR) is 93.0 cm³/mol. The molecule has 0 aromatic heterocycles. The minimum Gasteiger partial charge on any atom is -0.508 e. The molecule has 0 fully saturated rings. The predicted octanol–water partition coefficient (Wildman–Crippen LogP) is 4.52. The first-order chi connectivity index (χ1) is 11.0. The van der Waals surface area contributed by atoms with Crippen molar-refractivity contribution in [3.63, 3.8) is 0 Å². The number of carbonyl (C=O) groups is 1. The molecular weight excluding hydrogens is 288 g/mol. The van der Waals surface area contributed by atoms with Crippen molar-refractivity contribution in [1.82, 2.24) is 0 Å². The van der Waals surface area contributed by atoms with Gasteiger partial charge in [-0.3, -0.25) is 0 Å². The van der Waals surface area contributed by atoms with E-state index >= 15 is 0 Å². The maximum Gasteiger partial charge on any atom is 0.331 e. The van der Waals surface area contributed by atoms with Gasteiger partial charge >= 0.3 is 5.97 Å². The van der Waals surface area contributed by atoms with Crippen LogP contribution < -0.4 is 0 Å². The van der Waals surface area contributed by atoms with E-state index in [4.69, 9.17) is 5.11 Å². The largest absolute Gasteiger partial charge is 0.508 e. The normalized spacial score (nSPS) is 12.6. The molecule has 0 saturated heterocycles. The first-order valence-corrected chi connectivity index (χ1v) is 7.20. The molecule has 3 heteroatoms. The van der Waals surface area contributed by atoms with E-state index in [0.29, 0.717) is 0 Å². The number of allylic oxidation sites excluding steroid dienone is 3. The van der Waals surface area contributed by atoms with E-state index in [9.17, 15) is 9.90 Å². The summed E-state index contributed by atoms with van der Waals surface area (Å²) in [6, 6.07) is 16.5. The summed E-state index contributed by atoms with van der Waals surface area (Å²) in [6.45, 7) is 1.56. The fraction of sp³-hybridized carbons (Fsp3) is 0.0500. The van der Waals surface area contributed by atoms with Crippen LogP contribution in [-0.2, 0) is 4.79 Å². The van der Waals surface area contributed by atoms with Crippen molar-refractivity contribution in [3.8, 4) is 5.75 Å². The molecule has 2 N–H and O–H groups in total. The van der Waals surface area contributed by atoms with Crippen molar-refractivity contribution in [3.05, 3.63) is 89.0 Å². The zero-order chi connectivity index (χ0) is 16.7. The molecule has 23 heavy (non-hydrogen) atoms. The van der Waals surface area contributed by atoms with Crippen molar-refractivity contribution < 1.29 is 15.0 Å². The van der Waals surface area contributed by atoms with E-state index in [1.807, 2.05) is 48.6 Å². The van der Waals surface area contributed by atoms with Gasteiger partial charge in [-0.2, -0.15) is 0 Å². The number of aliphatic carboxylic acids is 1. The van der Waals surface area contributed by atoms with E-state index in [1.165, 1.54) is 0 Å². The van der Waals surface area contributed by atoms with Gasteiger partial charge in [0.1, 0.15) is 5.75 Å². The van der Waals surface area contributed by atoms with Gasteiger partial charge in [-0.15, -0.1) is 0 Å². The Morgan fingerprint density at radius 3 is 2.22 bits per heavy atom. The molecule has 3 nitrogen and oxygen atoms in total. The average Bonchev–Trinajstić information content (AvgIpc) is 2.55. The summed E-state index contributed by atoms with van der Waals surface area (Å²) < 4.78 is 0. The van der Waals surface area contributed by atoms with E-state index in [2.05, 4.69) is 0 Å². The number of benzene rings is 2. The molecule has 0 spiro atoms. The van der Waals surface area contributed by atoms with Crippen LogP contribution in [0.15, 0.2) is 77.9 Å². The van der Waals surface area contributed by atoms with Crippen LogP contribution in [0.25, 0.3) is 12.2 Å². The Morgan fingerprint density at radius 2 is 1.61 bits per heavy atom. The van der Waals surface area contributed by atoms with Gasteiger partial charge in [-0.25, -0.2) is 4.79 Å². The average molecular weight is 306 g/mol. The summed E-state index contributed by atoms with van der Waals surface area (Å²) in [7, 11) is 0. The van der Waals surface area contributed by atoms with Gasteiger partial charge in [0.2, 0.25) is 0 Å². The van der Waals surface area contributed by atoms with Gasteiger partial charge < -0.3 is 10.2 Å². The van der Waals surface area contributed by atoms with Crippen LogP contribution in [-0.4, -0.2) is 16.2 Å². The Hall–Kier alpha value is -3.07. The lowest BCUT2D eigenvalue weighted by atomic mass is 10.1. The highest BCUT2D eigenvalue weighted by Crippen LogP contribution is 2.16. The fourth-order valence-corrected chi connectivity index (χ4v) is 1.97. The molecular formula is C20H18O3. The first-order valence-electron chi connectivity index (χ1n) is 7.20. The maximum absolute atomic E-state index is 11.1. The number of phenols is 1. The van der Waals surface area contributed by atoms with Crippen LogP contribution in [0.2, 0.25) is 0 Å². The molecule has 0 radical (unpaired) electrons.